The molecule has 2 heterocycles. The van der Waals surface area contributed by atoms with Gasteiger partial charge in [-0.05, 0) is 117 Å². The van der Waals surface area contributed by atoms with E-state index in [0.717, 1.165) is 51.0 Å². The summed E-state index contributed by atoms with van der Waals surface area (Å²) in [6, 6.07) is 60.7. The number of allylic oxidation sites excluding steroid dienone is 3. The highest BCUT2D eigenvalue weighted by molar-refractivity contribution is 6.11. The molecular weight excluding hydrogens is 657 g/mol. The molecule has 0 N–H and O–H groups in total. The van der Waals surface area contributed by atoms with Gasteiger partial charge in [-0.25, -0.2) is 0 Å². The van der Waals surface area contributed by atoms with Crippen LogP contribution in [0.2, 0.25) is 0 Å². The van der Waals surface area contributed by atoms with E-state index in [1.54, 1.807) is 0 Å². The molecule has 54 heavy (non-hydrogen) atoms. The van der Waals surface area contributed by atoms with Crippen molar-refractivity contribution >= 4 is 66.4 Å². The van der Waals surface area contributed by atoms with Crippen LogP contribution in [0.3, 0.4) is 0 Å². The number of hydrogen-bond donors (Lipinski definition) is 0. The fourth-order valence-electron chi connectivity index (χ4n) is 7.92. The van der Waals surface area contributed by atoms with E-state index in [1.807, 2.05) is 6.08 Å². The average Bonchev–Trinajstić information content (AvgIpc) is 3.74. The van der Waals surface area contributed by atoms with E-state index in [0.29, 0.717) is 0 Å². The van der Waals surface area contributed by atoms with E-state index >= 15 is 0 Å². The first-order valence-corrected chi connectivity index (χ1v) is 18.4. The first-order valence-electron chi connectivity index (χ1n) is 18.4. The first-order chi connectivity index (χ1) is 26.6. The van der Waals surface area contributed by atoms with E-state index in [4.69, 9.17) is 0 Å². The lowest BCUT2D eigenvalue weighted by atomic mass is 10.1. The highest BCUT2D eigenvalue weighted by atomic mass is 15.2. The molecule has 0 atom stereocenters. The lowest BCUT2D eigenvalue weighted by molar-refractivity contribution is 1.14. The van der Waals surface area contributed by atoms with Crippen molar-refractivity contribution in [1.29, 1.82) is 0 Å². The number of hydrogen-bond acceptors (Lipinski definition) is 2. The van der Waals surface area contributed by atoms with Crippen LogP contribution in [0.25, 0.3) is 55.0 Å². The third-order valence-corrected chi connectivity index (χ3v) is 10.5. The summed E-state index contributed by atoms with van der Waals surface area (Å²) in [4.78, 5) is 4.51. The number of anilines is 4. The van der Waals surface area contributed by atoms with Crippen LogP contribution >= 0.6 is 0 Å². The smallest absolute Gasteiger partial charge is 0.0542 e. The monoisotopic (exact) mass is 696 g/mol. The number of rotatable bonds is 9. The van der Waals surface area contributed by atoms with E-state index in [1.165, 1.54) is 38.1 Å². The Bertz CT molecular complexity index is 2690. The lowest BCUT2D eigenvalue weighted by Gasteiger charge is -2.29. The Labute approximate surface area is 316 Å². The maximum Gasteiger partial charge on any atom is 0.0542 e. The molecule has 4 heteroatoms. The topological polar surface area (TPSA) is 16.3 Å². The Morgan fingerprint density at radius 1 is 0.463 bits per heavy atom. The first kappa shape index (κ1) is 32.8. The quantitative estimate of drug-likeness (QED) is 0.140. The molecule has 0 bridgehead atoms. The molecular formula is C50H40N4. The van der Waals surface area contributed by atoms with Crippen molar-refractivity contribution in [1.82, 2.24) is 9.13 Å². The molecule has 0 saturated carbocycles. The van der Waals surface area contributed by atoms with Crippen molar-refractivity contribution in [3.8, 4) is 11.4 Å². The Morgan fingerprint density at radius 2 is 0.852 bits per heavy atom. The zero-order chi connectivity index (χ0) is 36.8. The Kier molecular flexibility index (Phi) is 8.21. The maximum atomic E-state index is 4.43. The minimum atomic E-state index is 0.802. The van der Waals surface area contributed by atoms with Gasteiger partial charge in [-0.15, -0.1) is 0 Å². The van der Waals surface area contributed by atoms with E-state index in [-0.39, 0.29) is 0 Å². The summed E-state index contributed by atoms with van der Waals surface area (Å²) in [5, 5.41) is 4.84. The van der Waals surface area contributed by atoms with Crippen LogP contribution < -0.4 is 9.80 Å². The fourth-order valence-corrected chi connectivity index (χ4v) is 7.92. The molecule has 0 saturated heterocycles. The van der Waals surface area contributed by atoms with Crippen LogP contribution in [0.4, 0.5) is 22.7 Å². The van der Waals surface area contributed by atoms with E-state index < -0.39 is 0 Å². The van der Waals surface area contributed by atoms with Crippen LogP contribution in [-0.4, -0.2) is 9.13 Å². The molecule has 7 aromatic carbocycles. The highest BCUT2D eigenvalue weighted by Crippen LogP contribution is 2.41. The van der Waals surface area contributed by atoms with Gasteiger partial charge in [0.15, 0.2) is 0 Å². The van der Waals surface area contributed by atoms with Crippen molar-refractivity contribution in [3.05, 3.63) is 207 Å². The van der Waals surface area contributed by atoms with Gasteiger partial charge in [0, 0.05) is 67.1 Å². The number of benzene rings is 7. The van der Waals surface area contributed by atoms with Gasteiger partial charge in [0.25, 0.3) is 0 Å². The summed E-state index contributed by atoms with van der Waals surface area (Å²) in [5.41, 5.74) is 13.2. The summed E-state index contributed by atoms with van der Waals surface area (Å²) in [5.74, 6) is 0. The van der Waals surface area contributed by atoms with E-state index in [2.05, 4.69) is 222 Å². The van der Waals surface area contributed by atoms with Crippen LogP contribution in [-0.2, 0) is 0 Å². The van der Waals surface area contributed by atoms with Gasteiger partial charge in [0.2, 0.25) is 0 Å². The van der Waals surface area contributed by atoms with E-state index in [9.17, 15) is 0 Å². The number of aromatic nitrogens is 2. The SMILES string of the molecule is C=CC(=C)N(c1ccc(N(C(C)=CC)c2ccc3c(c2)c2ccccc2n3-c2ccccc2)cc1)c1ccc2c(c1)c1ccccc1n2-c1ccccc1. The van der Waals surface area contributed by atoms with Crippen LogP contribution in [0.5, 0.6) is 0 Å². The molecule has 4 nitrogen and oxygen atoms in total. The number of fused-ring (bicyclic) bond motifs is 6. The highest BCUT2D eigenvalue weighted by Gasteiger charge is 2.20. The van der Waals surface area contributed by atoms with Crippen molar-refractivity contribution < 1.29 is 0 Å². The van der Waals surface area contributed by atoms with Gasteiger partial charge in [-0.1, -0.05) is 92.0 Å². The van der Waals surface area contributed by atoms with Crippen molar-refractivity contribution in [2.75, 3.05) is 9.80 Å². The Hall–Kier alpha value is -7.04. The third kappa shape index (κ3) is 5.39. The summed E-state index contributed by atoms with van der Waals surface area (Å²) >= 11 is 0. The molecule has 0 aliphatic rings. The van der Waals surface area contributed by atoms with Crippen LogP contribution in [0.1, 0.15) is 13.8 Å². The third-order valence-electron chi connectivity index (χ3n) is 10.5. The largest absolute Gasteiger partial charge is 0.315 e. The molecule has 9 aromatic rings. The molecule has 0 unspecified atom stereocenters. The fraction of sp³-hybridized carbons (Fsp3) is 0.0400. The van der Waals surface area contributed by atoms with Gasteiger partial charge >= 0.3 is 0 Å². The van der Waals surface area contributed by atoms with Crippen molar-refractivity contribution in [3.63, 3.8) is 0 Å². The van der Waals surface area contributed by atoms with Gasteiger partial charge in [0.05, 0.1) is 22.1 Å². The molecule has 9 rings (SSSR count). The summed E-state index contributed by atoms with van der Waals surface area (Å²) in [6.07, 6.45) is 3.99. The zero-order valence-electron chi connectivity index (χ0n) is 30.5. The van der Waals surface area contributed by atoms with Crippen molar-refractivity contribution in [2.45, 2.75) is 13.8 Å². The molecule has 0 amide bonds. The van der Waals surface area contributed by atoms with Gasteiger partial charge in [0.1, 0.15) is 0 Å². The lowest BCUT2D eigenvalue weighted by Crippen LogP contribution is -2.16. The molecule has 2 aromatic heterocycles. The maximum absolute atomic E-state index is 4.43. The predicted octanol–water partition coefficient (Wildman–Crippen LogP) is 13.8. The standard InChI is InChI=1S/C50H40N4/c1-5-35(3)51(41-29-31-49-45(33-41)43-21-13-15-23-47(43)53(49)37-17-9-7-10-18-37)39-25-27-40(28-26-39)52(36(4)6-2)42-30-32-50-46(34-42)44-22-14-16-24-48(44)54(50)38-19-11-8-12-20-38/h5-34H,1,3H2,2,4H3. The molecule has 260 valence electrons. The van der Waals surface area contributed by atoms with Gasteiger partial charge < -0.3 is 18.9 Å². The second kappa shape index (κ2) is 13.5. The van der Waals surface area contributed by atoms with Gasteiger partial charge in [-0.2, -0.15) is 0 Å². The number of para-hydroxylation sites is 4. The van der Waals surface area contributed by atoms with Crippen LogP contribution in [0, 0.1) is 0 Å². The molecule has 0 fully saturated rings. The normalized spacial score (nSPS) is 11.8. The summed E-state index contributed by atoms with van der Waals surface area (Å²) < 4.78 is 4.69. The minimum Gasteiger partial charge on any atom is -0.315 e. The van der Waals surface area contributed by atoms with Gasteiger partial charge in [-0.3, -0.25) is 0 Å². The predicted molar refractivity (Wildman–Crippen MR) is 231 cm³/mol. The Balaban J connectivity index is 1.13. The minimum absolute atomic E-state index is 0.802. The van der Waals surface area contributed by atoms with Crippen molar-refractivity contribution in [2.24, 2.45) is 0 Å². The summed E-state index contributed by atoms with van der Waals surface area (Å²) in [6.45, 7) is 12.8. The second-order valence-electron chi connectivity index (χ2n) is 13.6. The molecule has 0 aliphatic carbocycles. The summed E-state index contributed by atoms with van der Waals surface area (Å²) in [7, 11) is 0. The molecule has 0 aliphatic heterocycles. The molecule has 0 spiro atoms. The molecule has 0 radical (unpaired) electrons. The second-order valence-corrected chi connectivity index (χ2v) is 13.6. The number of nitrogens with zero attached hydrogens (tertiary/aromatic N) is 4. The average molecular weight is 697 g/mol. The Morgan fingerprint density at radius 3 is 1.31 bits per heavy atom. The zero-order valence-corrected chi connectivity index (χ0v) is 30.5. The van der Waals surface area contributed by atoms with Crippen LogP contribution in [0.15, 0.2) is 207 Å².